The van der Waals surface area contributed by atoms with Crippen LogP contribution in [0.4, 0.5) is 0 Å². The van der Waals surface area contributed by atoms with Crippen molar-refractivity contribution in [1.82, 2.24) is 4.72 Å². The third-order valence-corrected chi connectivity index (χ3v) is 5.12. The van der Waals surface area contributed by atoms with E-state index in [9.17, 15) is 8.42 Å². The standard InChI is InChI=1S/C12H17BrClNO2S/c1-9(2)4-3-7-15-18(16,17)10-5-6-12(14)11(13)8-10/h5-6,8-9,15H,3-4,7H2,1-2H3. The van der Waals surface area contributed by atoms with Gasteiger partial charge < -0.3 is 0 Å². The van der Waals surface area contributed by atoms with Gasteiger partial charge >= 0.3 is 0 Å². The van der Waals surface area contributed by atoms with Crippen molar-refractivity contribution in [3.8, 4) is 0 Å². The van der Waals surface area contributed by atoms with E-state index in [1.54, 1.807) is 6.07 Å². The molecule has 0 amide bonds. The SMILES string of the molecule is CC(C)CCCNS(=O)(=O)c1ccc(Cl)c(Br)c1. The van der Waals surface area contributed by atoms with Gasteiger partial charge in [0.05, 0.1) is 9.92 Å². The number of sulfonamides is 1. The molecule has 0 aromatic heterocycles. The van der Waals surface area contributed by atoms with Crippen molar-refractivity contribution in [2.75, 3.05) is 6.54 Å². The third-order valence-electron chi connectivity index (χ3n) is 2.45. The average Bonchev–Trinajstić information content (AvgIpc) is 2.28. The molecule has 1 N–H and O–H groups in total. The summed E-state index contributed by atoms with van der Waals surface area (Å²) in [7, 11) is -3.44. The third kappa shape index (κ3) is 4.88. The van der Waals surface area contributed by atoms with Crippen LogP contribution in [-0.2, 0) is 10.0 Å². The molecule has 1 aromatic carbocycles. The monoisotopic (exact) mass is 353 g/mol. The van der Waals surface area contributed by atoms with Crippen LogP contribution in [-0.4, -0.2) is 15.0 Å². The summed E-state index contributed by atoms with van der Waals surface area (Å²) in [4.78, 5) is 0.225. The number of halogens is 2. The fraction of sp³-hybridized carbons (Fsp3) is 0.500. The molecule has 0 aliphatic carbocycles. The predicted octanol–water partition coefficient (Wildman–Crippen LogP) is 3.82. The zero-order valence-electron chi connectivity index (χ0n) is 10.4. The van der Waals surface area contributed by atoms with Crippen LogP contribution in [0, 0.1) is 5.92 Å². The minimum Gasteiger partial charge on any atom is -0.211 e. The highest BCUT2D eigenvalue weighted by molar-refractivity contribution is 9.10. The second-order valence-corrected chi connectivity index (χ2v) is 7.54. The Morgan fingerprint density at radius 2 is 2.06 bits per heavy atom. The van der Waals surface area contributed by atoms with Crippen LogP contribution >= 0.6 is 27.5 Å². The first-order chi connectivity index (χ1) is 8.33. The minimum absolute atomic E-state index is 0.225. The first-order valence-electron chi connectivity index (χ1n) is 5.77. The molecule has 0 radical (unpaired) electrons. The number of hydrogen-bond donors (Lipinski definition) is 1. The summed E-state index contributed by atoms with van der Waals surface area (Å²) in [5.74, 6) is 0.583. The number of nitrogens with one attached hydrogen (secondary N) is 1. The first-order valence-corrected chi connectivity index (χ1v) is 8.43. The van der Waals surface area contributed by atoms with Gasteiger partial charge in [0.1, 0.15) is 0 Å². The molecule has 0 saturated carbocycles. The summed E-state index contributed by atoms with van der Waals surface area (Å²) in [5, 5.41) is 0.494. The van der Waals surface area contributed by atoms with Crippen molar-refractivity contribution in [1.29, 1.82) is 0 Å². The summed E-state index contributed by atoms with van der Waals surface area (Å²) in [5.41, 5.74) is 0. The number of benzene rings is 1. The van der Waals surface area contributed by atoms with Gasteiger partial charge in [-0.1, -0.05) is 25.4 Å². The maximum absolute atomic E-state index is 12.0. The van der Waals surface area contributed by atoms with Crippen LogP contribution in [0.15, 0.2) is 27.6 Å². The summed E-state index contributed by atoms with van der Waals surface area (Å²) < 4.78 is 27.1. The van der Waals surface area contributed by atoms with Crippen molar-refractivity contribution in [2.45, 2.75) is 31.6 Å². The number of rotatable bonds is 6. The van der Waals surface area contributed by atoms with E-state index in [1.165, 1.54) is 12.1 Å². The lowest BCUT2D eigenvalue weighted by atomic mass is 10.1. The Kier molecular flexibility index (Phi) is 6.11. The molecular formula is C12H17BrClNO2S. The van der Waals surface area contributed by atoms with Crippen LogP contribution in [0.3, 0.4) is 0 Å². The second-order valence-electron chi connectivity index (χ2n) is 4.51. The molecule has 0 fully saturated rings. The molecular weight excluding hydrogens is 338 g/mol. The van der Waals surface area contributed by atoms with E-state index in [0.29, 0.717) is 22.0 Å². The molecule has 102 valence electrons. The van der Waals surface area contributed by atoms with Gasteiger partial charge in [0.2, 0.25) is 10.0 Å². The van der Waals surface area contributed by atoms with Gasteiger partial charge in [-0.3, -0.25) is 0 Å². The molecule has 0 atom stereocenters. The van der Waals surface area contributed by atoms with E-state index in [0.717, 1.165) is 12.8 Å². The van der Waals surface area contributed by atoms with Gasteiger partial charge in [-0.05, 0) is 52.9 Å². The van der Waals surface area contributed by atoms with Crippen LogP contribution in [0.5, 0.6) is 0 Å². The smallest absolute Gasteiger partial charge is 0.211 e. The highest BCUT2D eigenvalue weighted by atomic mass is 79.9. The minimum atomic E-state index is -3.44. The van der Waals surface area contributed by atoms with Gasteiger partial charge in [-0.25, -0.2) is 13.1 Å². The summed E-state index contributed by atoms with van der Waals surface area (Å²) in [6.07, 6.45) is 1.85. The molecule has 3 nitrogen and oxygen atoms in total. The molecule has 0 spiro atoms. The Bertz CT molecular complexity index is 503. The van der Waals surface area contributed by atoms with Crippen molar-refractivity contribution in [2.24, 2.45) is 5.92 Å². The fourth-order valence-corrected chi connectivity index (χ4v) is 3.19. The zero-order valence-corrected chi connectivity index (χ0v) is 13.6. The number of hydrogen-bond acceptors (Lipinski definition) is 2. The predicted molar refractivity (Wildman–Crippen MR) is 78.4 cm³/mol. The Morgan fingerprint density at radius 1 is 1.39 bits per heavy atom. The van der Waals surface area contributed by atoms with Gasteiger partial charge in [0.25, 0.3) is 0 Å². The Hall–Kier alpha value is -0.100. The van der Waals surface area contributed by atoms with Crippen molar-refractivity contribution >= 4 is 37.6 Å². The largest absolute Gasteiger partial charge is 0.240 e. The van der Waals surface area contributed by atoms with Crippen molar-refractivity contribution in [3.05, 3.63) is 27.7 Å². The molecule has 1 rings (SSSR count). The summed E-state index contributed by atoms with van der Waals surface area (Å²) in [6.45, 7) is 4.69. The molecule has 0 bridgehead atoms. The Balaban J connectivity index is 2.66. The average molecular weight is 355 g/mol. The highest BCUT2D eigenvalue weighted by Gasteiger charge is 2.14. The normalized spacial score (nSPS) is 12.1. The lowest BCUT2D eigenvalue weighted by Crippen LogP contribution is -2.25. The quantitative estimate of drug-likeness (QED) is 0.789. The Labute approximate surface area is 122 Å². The summed E-state index contributed by atoms with van der Waals surface area (Å²) in [6, 6.07) is 4.57. The van der Waals surface area contributed by atoms with Gasteiger partial charge in [-0.2, -0.15) is 0 Å². The lowest BCUT2D eigenvalue weighted by Gasteiger charge is -2.08. The Morgan fingerprint density at radius 3 is 2.61 bits per heavy atom. The maximum atomic E-state index is 12.0. The van der Waals surface area contributed by atoms with Crippen molar-refractivity contribution in [3.63, 3.8) is 0 Å². The van der Waals surface area contributed by atoms with Crippen LogP contribution in [0.25, 0.3) is 0 Å². The maximum Gasteiger partial charge on any atom is 0.240 e. The van der Waals surface area contributed by atoms with Crippen LogP contribution in [0.2, 0.25) is 5.02 Å². The molecule has 0 unspecified atom stereocenters. The fourth-order valence-electron chi connectivity index (χ4n) is 1.44. The van der Waals surface area contributed by atoms with E-state index in [-0.39, 0.29) is 4.90 Å². The first kappa shape index (κ1) is 16.0. The van der Waals surface area contributed by atoms with Gasteiger partial charge in [0.15, 0.2) is 0 Å². The van der Waals surface area contributed by atoms with Crippen LogP contribution < -0.4 is 4.72 Å². The van der Waals surface area contributed by atoms with E-state index in [4.69, 9.17) is 11.6 Å². The van der Waals surface area contributed by atoms with E-state index in [1.807, 2.05) is 0 Å². The highest BCUT2D eigenvalue weighted by Crippen LogP contribution is 2.25. The van der Waals surface area contributed by atoms with Crippen molar-refractivity contribution < 1.29 is 8.42 Å². The molecule has 6 heteroatoms. The topological polar surface area (TPSA) is 46.2 Å². The molecule has 1 aromatic rings. The van der Waals surface area contributed by atoms with E-state index in [2.05, 4.69) is 34.5 Å². The van der Waals surface area contributed by atoms with E-state index >= 15 is 0 Å². The van der Waals surface area contributed by atoms with E-state index < -0.39 is 10.0 Å². The molecule has 0 heterocycles. The molecule has 0 aliphatic heterocycles. The molecule has 0 saturated heterocycles. The molecule has 0 aliphatic rings. The zero-order chi connectivity index (χ0) is 13.8. The van der Waals surface area contributed by atoms with Gasteiger partial charge in [0, 0.05) is 11.0 Å². The second kappa shape index (κ2) is 6.89. The molecule has 18 heavy (non-hydrogen) atoms. The lowest BCUT2D eigenvalue weighted by molar-refractivity contribution is 0.540. The summed E-state index contributed by atoms with van der Waals surface area (Å²) >= 11 is 9.05. The van der Waals surface area contributed by atoms with Crippen LogP contribution in [0.1, 0.15) is 26.7 Å². The van der Waals surface area contributed by atoms with Gasteiger partial charge in [-0.15, -0.1) is 0 Å².